The number of thiazole rings is 1. The predicted octanol–water partition coefficient (Wildman–Crippen LogP) is 6.98. The summed E-state index contributed by atoms with van der Waals surface area (Å²) in [4.78, 5) is 44.3. The maximum atomic E-state index is 13.3. The van der Waals surface area contributed by atoms with E-state index in [0.29, 0.717) is 44.9 Å². The summed E-state index contributed by atoms with van der Waals surface area (Å²) in [5, 5.41) is 10.8. The minimum absolute atomic E-state index is 0.0700. The molecule has 4 aromatic carbocycles. The fourth-order valence-electron chi connectivity index (χ4n) is 4.41. The van der Waals surface area contributed by atoms with Gasteiger partial charge >= 0.3 is 0 Å². The summed E-state index contributed by atoms with van der Waals surface area (Å²) in [5.41, 5.74) is 3.27. The summed E-state index contributed by atoms with van der Waals surface area (Å²) in [6.07, 6.45) is 1.59. The van der Waals surface area contributed by atoms with Crippen LogP contribution in [0.25, 0.3) is 17.3 Å². The number of carbonyl (C=O) groups excluding carboxylic acids is 3. The molecule has 0 saturated heterocycles. The lowest BCUT2D eigenvalue weighted by Gasteiger charge is -2.12. The van der Waals surface area contributed by atoms with Gasteiger partial charge in [0.25, 0.3) is 11.8 Å². The van der Waals surface area contributed by atoms with Gasteiger partial charge in [-0.3, -0.25) is 14.4 Å². The summed E-state index contributed by atoms with van der Waals surface area (Å²) in [7, 11) is 4.72. The van der Waals surface area contributed by atoms with Crippen molar-refractivity contribution in [2.45, 2.75) is 4.90 Å². The van der Waals surface area contributed by atoms with E-state index in [2.05, 4.69) is 20.9 Å². The molecule has 0 atom stereocenters. The zero-order valence-electron chi connectivity index (χ0n) is 26.3. The molecule has 0 aliphatic rings. The van der Waals surface area contributed by atoms with Crippen LogP contribution in [0.4, 0.5) is 10.8 Å². The molecular weight excluding hydrogens is 649 g/mol. The van der Waals surface area contributed by atoms with Crippen LogP contribution in [0.3, 0.4) is 0 Å². The van der Waals surface area contributed by atoms with Crippen LogP contribution in [-0.4, -0.2) is 49.8 Å². The molecule has 0 saturated carbocycles. The summed E-state index contributed by atoms with van der Waals surface area (Å²) in [5.74, 6) is 0.943. The van der Waals surface area contributed by atoms with Gasteiger partial charge in [-0.1, -0.05) is 30.3 Å². The number of methoxy groups -OCH3 is 3. The van der Waals surface area contributed by atoms with E-state index in [1.807, 2.05) is 35.7 Å². The second kappa shape index (κ2) is 16.3. The van der Waals surface area contributed by atoms with Gasteiger partial charge in [-0.05, 0) is 78.4 Å². The number of benzene rings is 4. The van der Waals surface area contributed by atoms with Crippen molar-refractivity contribution < 1.29 is 28.6 Å². The highest BCUT2D eigenvalue weighted by Gasteiger charge is 2.16. The van der Waals surface area contributed by atoms with Crippen LogP contribution in [0.1, 0.15) is 15.9 Å². The van der Waals surface area contributed by atoms with Crippen LogP contribution >= 0.6 is 23.1 Å². The third kappa shape index (κ3) is 9.02. The molecule has 48 heavy (non-hydrogen) atoms. The largest absolute Gasteiger partial charge is 0.497 e. The second-order valence-electron chi connectivity index (χ2n) is 10.1. The van der Waals surface area contributed by atoms with Crippen molar-refractivity contribution in [3.05, 3.63) is 119 Å². The first-order valence-corrected chi connectivity index (χ1v) is 16.5. The van der Waals surface area contributed by atoms with Gasteiger partial charge in [0, 0.05) is 27.1 Å². The van der Waals surface area contributed by atoms with Gasteiger partial charge in [0.1, 0.15) is 11.4 Å². The lowest BCUT2D eigenvalue weighted by atomic mass is 10.1. The highest BCUT2D eigenvalue weighted by molar-refractivity contribution is 8.00. The fraction of sp³-hybridized carbons (Fsp3) is 0.111. The summed E-state index contributed by atoms with van der Waals surface area (Å²) in [6.45, 7) is 0. The van der Waals surface area contributed by atoms with Crippen LogP contribution < -0.4 is 30.2 Å². The zero-order valence-corrected chi connectivity index (χ0v) is 27.9. The molecule has 3 amide bonds. The smallest absolute Gasteiger partial charge is 0.272 e. The molecular formula is C36H32N4O6S2. The first-order chi connectivity index (χ1) is 23.3. The lowest BCUT2D eigenvalue weighted by molar-refractivity contribution is -0.114. The van der Waals surface area contributed by atoms with Crippen molar-refractivity contribution >= 4 is 57.7 Å². The van der Waals surface area contributed by atoms with Gasteiger partial charge in [-0.15, -0.1) is 23.1 Å². The minimum atomic E-state index is -0.495. The first-order valence-electron chi connectivity index (χ1n) is 14.6. The Morgan fingerprint density at radius 2 is 1.54 bits per heavy atom. The number of hydrogen-bond acceptors (Lipinski definition) is 9. The number of nitrogens with zero attached hydrogens (tertiary/aromatic N) is 1. The summed E-state index contributed by atoms with van der Waals surface area (Å²) >= 11 is 2.68. The molecule has 1 aromatic heterocycles. The first kappa shape index (κ1) is 33.8. The van der Waals surface area contributed by atoms with E-state index in [0.717, 1.165) is 10.5 Å². The molecule has 0 fully saturated rings. The maximum Gasteiger partial charge on any atom is 0.272 e. The van der Waals surface area contributed by atoms with Crippen molar-refractivity contribution in [1.82, 2.24) is 10.3 Å². The quantitative estimate of drug-likeness (QED) is 0.0899. The van der Waals surface area contributed by atoms with E-state index < -0.39 is 11.8 Å². The average Bonchev–Trinajstić information content (AvgIpc) is 3.59. The van der Waals surface area contributed by atoms with Crippen LogP contribution in [-0.2, 0) is 9.59 Å². The molecule has 5 rings (SSSR count). The second-order valence-corrected chi connectivity index (χ2v) is 12.0. The molecule has 0 aliphatic carbocycles. The number of aromatic nitrogens is 1. The molecule has 0 bridgehead atoms. The molecule has 244 valence electrons. The van der Waals surface area contributed by atoms with Crippen molar-refractivity contribution in [3.8, 4) is 28.5 Å². The van der Waals surface area contributed by atoms with Crippen LogP contribution in [0.5, 0.6) is 17.2 Å². The fourth-order valence-corrected chi connectivity index (χ4v) is 5.84. The molecule has 3 N–H and O–H groups in total. The van der Waals surface area contributed by atoms with Gasteiger partial charge in [0.2, 0.25) is 5.91 Å². The number of nitrogens with one attached hydrogen (secondary N) is 3. The van der Waals surface area contributed by atoms with E-state index >= 15 is 0 Å². The van der Waals surface area contributed by atoms with Crippen LogP contribution in [0, 0.1) is 0 Å². The highest BCUT2D eigenvalue weighted by atomic mass is 32.2. The Bertz CT molecular complexity index is 1910. The normalized spacial score (nSPS) is 10.9. The number of carbonyl (C=O) groups is 3. The molecule has 12 heteroatoms. The number of ether oxygens (including phenoxy) is 3. The molecule has 0 spiro atoms. The monoisotopic (exact) mass is 680 g/mol. The Morgan fingerprint density at radius 3 is 2.23 bits per heavy atom. The van der Waals surface area contributed by atoms with E-state index in [1.54, 1.807) is 94.1 Å². The zero-order chi connectivity index (χ0) is 33.9. The van der Waals surface area contributed by atoms with Gasteiger partial charge in [0.05, 0.1) is 32.8 Å². The Morgan fingerprint density at radius 1 is 0.812 bits per heavy atom. The topological polar surface area (TPSA) is 128 Å². The molecule has 10 nitrogen and oxygen atoms in total. The number of thioether (sulfide) groups is 1. The Balaban J connectivity index is 1.18. The highest BCUT2D eigenvalue weighted by Crippen LogP contribution is 2.33. The Labute approximate surface area is 286 Å². The third-order valence-corrected chi connectivity index (χ3v) is 8.64. The van der Waals surface area contributed by atoms with Gasteiger partial charge in [0.15, 0.2) is 16.6 Å². The molecule has 0 unspecified atom stereocenters. The number of amides is 3. The number of anilines is 2. The standard InChI is InChI=1S/C36H32N4O6S2/c1-44-27-14-9-23(10-15-27)19-29(38-34(42)24-7-5-4-6-8-24)35(43)37-26-12-16-28(17-13-26)47-22-33(41)40-36-39-30(21-48-36)25-11-18-31(45-2)32(20-25)46-3/h4-21H,22H2,1-3H3,(H,37,43)(H,38,42)(H,39,40,41)/b29-19-. The van der Waals surface area contributed by atoms with E-state index in [9.17, 15) is 14.4 Å². The molecule has 0 radical (unpaired) electrons. The van der Waals surface area contributed by atoms with Crippen LogP contribution in [0.15, 0.2) is 113 Å². The van der Waals surface area contributed by atoms with Gasteiger partial charge in [-0.25, -0.2) is 4.98 Å². The number of hydrogen-bond donors (Lipinski definition) is 3. The van der Waals surface area contributed by atoms with E-state index in [-0.39, 0.29) is 17.4 Å². The maximum absolute atomic E-state index is 13.3. The minimum Gasteiger partial charge on any atom is -0.497 e. The van der Waals surface area contributed by atoms with Crippen LogP contribution in [0.2, 0.25) is 0 Å². The summed E-state index contributed by atoms with van der Waals surface area (Å²) < 4.78 is 15.9. The van der Waals surface area contributed by atoms with Crippen molar-refractivity contribution in [3.63, 3.8) is 0 Å². The molecule has 1 heterocycles. The molecule has 0 aliphatic heterocycles. The summed E-state index contributed by atoms with van der Waals surface area (Å²) in [6, 6.07) is 28.4. The van der Waals surface area contributed by atoms with Crippen molar-refractivity contribution in [2.24, 2.45) is 0 Å². The van der Waals surface area contributed by atoms with Crippen molar-refractivity contribution in [2.75, 3.05) is 37.7 Å². The molecule has 5 aromatic rings. The number of rotatable bonds is 13. The average molecular weight is 681 g/mol. The third-order valence-electron chi connectivity index (χ3n) is 6.87. The Hall–Kier alpha value is -5.59. The Kier molecular flexibility index (Phi) is 11.5. The van der Waals surface area contributed by atoms with E-state index in [4.69, 9.17) is 14.2 Å². The van der Waals surface area contributed by atoms with E-state index in [1.165, 1.54) is 23.1 Å². The van der Waals surface area contributed by atoms with Crippen molar-refractivity contribution in [1.29, 1.82) is 0 Å². The van der Waals surface area contributed by atoms with Gasteiger partial charge < -0.3 is 30.2 Å². The SMILES string of the molecule is COc1ccc(/C=C(\NC(=O)c2ccccc2)C(=O)Nc2ccc(SCC(=O)Nc3nc(-c4ccc(OC)c(OC)c4)cs3)cc2)cc1. The van der Waals surface area contributed by atoms with Gasteiger partial charge in [-0.2, -0.15) is 0 Å². The predicted molar refractivity (Wildman–Crippen MR) is 190 cm³/mol. The lowest BCUT2D eigenvalue weighted by Crippen LogP contribution is -2.30.